The second kappa shape index (κ2) is 5.34. The van der Waals surface area contributed by atoms with Crippen LogP contribution in [0.3, 0.4) is 0 Å². The van der Waals surface area contributed by atoms with Gasteiger partial charge in [-0.2, -0.15) is 0 Å². The van der Waals surface area contributed by atoms with E-state index in [1.807, 2.05) is 20.8 Å². The summed E-state index contributed by atoms with van der Waals surface area (Å²) >= 11 is 1.69. The zero-order valence-electron chi connectivity index (χ0n) is 10.4. The Balaban J connectivity index is 2.43. The number of carbonyl (C=O) groups is 1. The van der Waals surface area contributed by atoms with Gasteiger partial charge in [-0.3, -0.25) is 0 Å². The summed E-state index contributed by atoms with van der Waals surface area (Å²) in [5.41, 5.74) is 1.13. The Kier molecular flexibility index (Phi) is 4.35. The van der Waals surface area contributed by atoms with Gasteiger partial charge in [0, 0.05) is 10.4 Å². The molecule has 0 fully saturated rings. The summed E-state index contributed by atoms with van der Waals surface area (Å²) in [6, 6.07) is 2.01. The second-order valence-corrected chi connectivity index (χ2v) is 5.78. The highest BCUT2D eigenvalue weighted by Crippen LogP contribution is 2.16. The van der Waals surface area contributed by atoms with Crippen molar-refractivity contribution in [3.05, 3.63) is 21.9 Å². The molecule has 1 heterocycles. The first-order valence-corrected chi connectivity index (χ1v) is 6.41. The van der Waals surface area contributed by atoms with Crippen LogP contribution in [0.15, 0.2) is 11.4 Å². The monoisotopic (exact) mass is 240 g/mol. The van der Waals surface area contributed by atoms with Gasteiger partial charge in [-0.05, 0) is 44.2 Å². The topological polar surface area (TPSA) is 41.1 Å². The average molecular weight is 240 g/mol. The van der Waals surface area contributed by atoms with Gasteiger partial charge in [0.25, 0.3) is 0 Å². The molecule has 0 bridgehead atoms. The summed E-state index contributed by atoms with van der Waals surface area (Å²) in [6.07, 6.45) is 1.02. The lowest BCUT2D eigenvalue weighted by atomic mass is 10.1. The Morgan fingerprint density at radius 2 is 2.12 bits per heavy atom. The Labute approximate surface area is 101 Å². The van der Waals surface area contributed by atoms with Gasteiger partial charge < -0.3 is 10.6 Å². The summed E-state index contributed by atoms with van der Waals surface area (Å²) in [4.78, 5) is 12.8. The highest BCUT2D eigenvalue weighted by atomic mass is 32.1. The van der Waals surface area contributed by atoms with Crippen molar-refractivity contribution in [3.63, 3.8) is 0 Å². The Morgan fingerprint density at radius 3 is 2.69 bits per heavy atom. The maximum absolute atomic E-state index is 11.5. The third-order valence-electron chi connectivity index (χ3n) is 2.12. The molecule has 1 aromatic heterocycles. The van der Waals surface area contributed by atoms with Crippen LogP contribution in [0.5, 0.6) is 0 Å². The minimum absolute atomic E-state index is 0.108. The molecule has 0 aromatic carbocycles. The predicted octanol–water partition coefficient (Wildman–Crippen LogP) is 2.91. The van der Waals surface area contributed by atoms with Crippen LogP contribution in [-0.2, 0) is 13.0 Å². The zero-order chi connectivity index (χ0) is 12.2. The fourth-order valence-electron chi connectivity index (χ4n) is 1.38. The van der Waals surface area contributed by atoms with E-state index in [1.165, 1.54) is 10.4 Å². The molecular formula is C12H20N2OS. The van der Waals surface area contributed by atoms with Crippen molar-refractivity contribution < 1.29 is 4.79 Å². The summed E-state index contributed by atoms with van der Waals surface area (Å²) in [7, 11) is 0. The standard InChI is InChI=1S/C12H20N2OS/c1-5-9-6-7-16-10(9)8-13-11(15)14-12(2,3)4/h6-7H,5,8H2,1-4H3,(H2,13,14,15). The van der Waals surface area contributed by atoms with Crippen LogP contribution in [0.4, 0.5) is 4.79 Å². The van der Waals surface area contributed by atoms with E-state index < -0.39 is 0 Å². The molecule has 0 aliphatic heterocycles. The van der Waals surface area contributed by atoms with Gasteiger partial charge in [0.2, 0.25) is 0 Å². The molecule has 4 heteroatoms. The Bertz CT molecular complexity index is 352. The van der Waals surface area contributed by atoms with E-state index in [0.29, 0.717) is 6.54 Å². The summed E-state index contributed by atoms with van der Waals surface area (Å²) in [5, 5.41) is 7.82. The van der Waals surface area contributed by atoms with E-state index in [2.05, 4.69) is 29.0 Å². The average Bonchev–Trinajstić information content (AvgIpc) is 2.59. The summed E-state index contributed by atoms with van der Waals surface area (Å²) < 4.78 is 0. The largest absolute Gasteiger partial charge is 0.334 e. The highest BCUT2D eigenvalue weighted by Gasteiger charge is 2.13. The first-order chi connectivity index (χ1) is 7.42. The minimum Gasteiger partial charge on any atom is -0.334 e. The molecule has 1 aromatic rings. The molecular weight excluding hydrogens is 220 g/mol. The van der Waals surface area contributed by atoms with Crippen molar-refractivity contribution in [2.45, 2.75) is 46.2 Å². The molecule has 0 saturated heterocycles. The zero-order valence-corrected chi connectivity index (χ0v) is 11.2. The molecule has 90 valence electrons. The number of hydrogen-bond acceptors (Lipinski definition) is 2. The van der Waals surface area contributed by atoms with Crippen molar-refractivity contribution in [1.82, 2.24) is 10.6 Å². The lowest BCUT2D eigenvalue weighted by Crippen LogP contribution is -2.46. The smallest absolute Gasteiger partial charge is 0.315 e. The number of hydrogen-bond donors (Lipinski definition) is 2. The van der Waals surface area contributed by atoms with Crippen LogP contribution < -0.4 is 10.6 Å². The molecule has 3 nitrogen and oxygen atoms in total. The van der Waals surface area contributed by atoms with Crippen LogP contribution in [0, 0.1) is 0 Å². The second-order valence-electron chi connectivity index (χ2n) is 4.78. The minimum atomic E-state index is -0.187. The predicted molar refractivity (Wildman–Crippen MR) is 68.8 cm³/mol. The van der Waals surface area contributed by atoms with Crippen molar-refractivity contribution in [2.24, 2.45) is 0 Å². The molecule has 0 atom stereocenters. The first-order valence-electron chi connectivity index (χ1n) is 5.53. The lowest BCUT2D eigenvalue weighted by molar-refractivity contribution is 0.231. The number of amides is 2. The molecule has 1 rings (SSSR count). The van der Waals surface area contributed by atoms with Crippen LogP contribution in [-0.4, -0.2) is 11.6 Å². The molecule has 0 unspecified atom stereocenters. The summed E-state index contributed by atoms with van der Waals surface area (Å²) in [6.45, 7) is 8.64. The van der Waals surface area contributed by atoms with E-state index in [-0.39, 0.29) is 11.6 Å². The van der Waals surface area contributed by atoms with Gasteiger partial charge in [0.15, 0.2) is 0 Å². The third kappa shape index (κ3) is 4.23. The van der Waals surface area contributed by atoms with Gasteiger partial charge in [0.1, 0.15) is 0 Å². The SMILES string of the molecule is CCc1ccsc1CNC(=O)NC(C)(C)C. The molecule has 0 spiro atoms. The fourth-order valence-corrected chi connectivity index (χ4v) is 2.30. The van der Waals surface area contributed by atoms with Crippen LogP contribution in [0.25, 0.3) is 0 Å². The van der Waals surface area contributed by atoms with Crippen molar-refractivity contribution in [2.75, 3.05) is 0 Å². The molecule has 0 radical (unpaired) electrons. The number of thiophene rings is 1. The maximum atomic E-state index is 11.5. The third-order valence-corrected chi connectivity index (χ3v) is 3.08. The fraction of sp³-hybridized carbons (Fsp3) is 0.583. The first kappa shape index (κ1) is 13.0. The van der Waals surface area contributed by atoms with E-state index >= 15 is 0 Å². The Hall–Kier alpha value is -1.03. The Morgan fingerprint density at radius 1 is 1.44 bits per heavy atom. The van der Waals surface area contributed by atoms with Gasteiger partial charge in [-0.25, -0.2) is 4.79 Å². The van der Waals surface area contributed by atoms with Crippen LogP contribution >= 0.6 is 11.3 Å². The van der Waals surface area contributed by atoms with E-state index in [0.717, 1.165) is 6.42 Å². The van der Waals surface area contributed by atoms with E-state index in [9.17, 15) is 4.79 Å². The van der Waals surface area contributed by atoms with Crippen molar-refractivity contribution in [3.8, 4) is 0 Å². The summed E-state index contributed by atoms with van der Waals surface area (Å²) in [5.74, 6) is 0. The van der Waals surface area contributed by atoms with Gasteiger partial charge in [-0.15, -0.1) is 11.3 Å². The number of rotatable bonds is 3. The van der Waals surface area contributed by atoms with E-state index in [4.69, 9.17) is 0 Å². The van der Waals surface area contributed by atoms with Crippen LogP contribution in [0.1, 0.15) is 38.1 Å². The lowest BCUT2D eigenvalue weighted by Gasteiger charge is -2.20. The van der Waals surface area contributed by atoms with Crippen LogP contribution in [0.2, 0.25) is 0 Å². The maximum Gasteiger partial charge on any atom is 0.315 e. The number of nitrogens with one attached hydrogen (secondary N) is 2. The normalized spacial score (nSPS) is 11.2. The van der Waals surface area contributed by atoms with Gasteiger partial charge in [0.05, 0.1) is 6.54 Å². The molecule has 0 aliphatic carbocycles. The number of urea groups is 1. The molecule has 0 aliphatic rings. The highest BCUT2D eigenvalue weighted by molar-refractivity contribution is 7.10. The molecule has 0 saturated carbocycles. The molecule has 16 heavy (non-hydrogen) atoms. The number of aryl methyl sites for hydroxylation is 1. The van der Waals surface area contributed by atoms with E-state index in [1.54, 1.807) is 11.3 Å². The quantitative estimate of drug-likeness (QED) is 0.838. The van der Waals surface area contributed by atoms with Gasteiger partial charge >= 0.3 is 6.03 Å². The van der Waals surface area contributed by atoms with Crippen molar-refractivity contribution in [1.29, 1.82) is 0 Å². The van der Waals surface area contributed by atoms with Crippen molar-refractivity contribution >= 4 is 17.4 Å². The molecule has 2 amide bonds. The molecule has 2 N–H and O–H groups in total. The number of carbonyl (C=O) groups excluding carboxylic acids is 1. The van der Waals surface area contributed by atoms with Gasteiger partial charge in [-0.1, -0.05) is 6.92 Å².